The van der Waals surface area contributed by atoms with E-state index < -0.39 is 17.4 Å². The predicted molar refractivity (Wildman–Crippen MR) is 69.6 cm³/mol. The highest BCUT2D eigenvalue weighted by molar-refractivity contribution is 6.81. The highest BCUT2D eigenvalue weighted by atomic mass is 28.4. The van der Waals surface area contributed by atoms with Gasteiger partial charge in [-0.3, -0.25) is 0 Å². The van der Waals surface area contributed by atoms with E-state index in [4.69, 9.17) is 9.85 Å². The zero-order valence-electron chi connectivity index (χ0n) is 9.74. The number of phenolic OH excluding ortho intramolecular Hbond substituents is 1. The van der Waals surface area contributed by atoms with Crippen LogP contribution in [0.2, 0.25) is 26.2 Å². The van der Waals surface area contributed by atoms with Gasteiger partial charge in [0, 0.05) is 0 Å². The maximum Gasteiger partial charge on any atom is 0.192 e. The van der Waals surface area contributed by atoms with E-state index in [-0.39, 0.29) is 5.75 Å². The van der Waals surface area contributed by atoms with E-state index in [1.165, 1.54) is 0 Å². The normalized spacial score (nSPS) is 13.9. The molecule has 0 radical (unpaired) electrons. The third kappa shape index (κ3) is 3.69. The number of benzene rings is 1. The summed E-state index contributed by atoms with van der Waals surface area (Å²) in [5.74, 6) is 0.146. The maximum absolute atomic E-state index is 9.32. The Bertz CT molecular complexity index is 350. The lowest BCUT2D eigenvalue weighted by atomic mass is 10.3. The first-order valence-electron chi connectivity index (χ1n) is 5.06. The molecule has 0 spiro atoms. The molecule has 0 aliphatic heterocycles. The molecule has 0 aliphatic carbocycles. The lowest BCUT2D eigenvalue weighted by molar-refractivity contribution is 0.478. The van der Waals surface area contributed by atoms with Crippen molar-refractivity contribution in [2.24, 2.45) is 0 Å². The number of hydrogen-bond acceptors (Lipinski definition) is 3. The molecule has 1 unspecified atom stereocenters. The van der Waals surface area contributed by atoms with Crippen LogP contribution in [0.15, 0.2) is 18.2 Å². The first-order valence-corrected chi connectivity index (χ1v) is 10.7. The minimum Gasteiger partial charge on any atom is -0.506 e. The molecule has 1 aromatic carbocycles. The number of nitrogen functional groups attached to an aromatic ring is 1. The van der Waals surface area contributed by atoms with Crippen LogP contribution in [-0.2, 0) is 4.12 Å². The van der Waals surface area contributed by atoms with E-state index in [0.29, 0.717) is 5.69 Å². The number of hydrogen-bond donors (Lipinski definition) is 2. The van der Waals surface area contributed by atoms with Gasteiger partial charge in [0.15, 0.2) is 17.4 Å². The van der Waals surface area contributed by atoms with Crippen molar-refractivity contribution in [2.75, 3.05) is 5.73 Å². The molecule has 1 atom stereocenters. The van der Waals surface area contributed by atoms with Crippen molar-refractivity contribution in [2.45, 2.75) is 26.2 Å². The Morgan fingerprint density at radius 3 is 2.40 bits per heavy atom. The molecule has 1 rings (SSSR count). The van der Waals surface area contributed by atoms with Crippen molar-refractivity contribution in [3.8, 4) is 5.75 Å². The first kappa shape index (κ1) is 12.3. The van der Waals surface area contributed by atoms with E-state index in [1.54, 1.807) is 6.07 Å². The Morgan fingerprint density at radius 1 is 1.33 bits per heavy atom. The van der Waals surface area contributed by atoms with E-state index in [0.717, 1.165) is 5.19 Å². The van der Waals surface area contributed by atoms with Crippen molar-refractivity contribution < 1.29 is 9.22 Å². The van der Waals surface area contributed by atoms with Crippen molar-refractivity contribution in [1.29, 1.82) is 0 Å². The Morgan fingerprint density at radius 2 is 1.93 bits per heavy atom. The summed E-state index contributed by atoms with van der Waals surface area (Å²) >= 11 is 0. The molecule has 0 heterocycles. The summed E-state index contributed by atoms with van der Waals surface area (Å²) in [4.78, 5) is 0. The average molecular weight is 241 g/mol. The molecule has 5 heteroatoms. The van der Waals surface area contributed by atoms with Gasteiger partial charge in [0.25, 0.3) is 0 Å². The molecule has 3 N–H and O–H groups in total. The molecule has 0 saturated carbocycles. The number of rotatable bonds is 3. The lowest BCUT2D eigenvalue weighted by Crippen LogP contribution is -2.40. The molecule has 3 nitrogen and oxygen atoms in total. The molecule has 0 saturated heterocycles. The second-order valence-corrected chi connectivity index (χ2v) is 11.8. The van der Waals surface area contributed by atoms with Crippen molar-refractivity contribution in [1.82, 2.24) is 0 Å². The summed E-state index contributed by atoms with van der Waals surface area (Å²) in [6.07, 6.45) is 0. The van der Waals surface area contributed by atoms with Crippen molar-refractivity contribution in [3.63, 3.8) is 0 Å². The van der Waals surface area contributed by atoms with Gasteiger partial charge in [-0.15, -0.1) is 0 Å². The first-order chi connectivity index (χ1) is 6.79. The second-order valence-electron chi connectivity index (χ2n) is 4.69. The minimum atomic E-state index is -1.48. The number of aromatic hydroxyl groups is 1. The molecule has 15 heavy (non-hydrogen) atoms. The lowest BCUT2D eigenvalue weighted by Gasteiger charge is -2.23. The van der Waals surface area contributed by atoms with Crippen molar-refractivity contribution in [3.05, 3.63) is 18.2 Å². The minimum absolute atomic E-state index is 0.146. The molecule has 0 amide bonds. The smallest absolute Gasteiger partial charge is 0.192 e. The van der Waals surface area contributed by atoms with E-state index >= 15 is 0 Å². The predicted octanol–water partition coefficient (Wildman–Crippen LogP) is 1.39. The molecule has 0 bridgehead atoms. The molecular weight excluding hydrogens is 222 g/mol. The number of anilines is 1. The Kier molecular flexibility index (Phi) is 3.59. The average Bonchev–Trinajstić information content (AvgIpc) is 2.06. The van der Waals surface area contributed by atoms with E-state index in [2.05, 4.69) is 26.2 Å². The van der Waals surface area contributed by atoms with Gasteiger partial charge >= 0.3 is 0 Å². The number of nitrogens with two attached hydrogens (primary N) is 1. The van der Waals surface area contributed by atoms with E-state index in [1.807, 2.05) is 12.1 Å². The highest BCUT2D eigenvalue weighted by Crippen LogP contribution is 2.17. The topological polar surface area (TPSA) is 55.5 Å². The zero-order valence-corrected chi connectivity index (χ0v) is 11.9. The van der Waals surface area contributed by atoms with Crippen LogP contribution < -0.4 is 10.9 Å². The summed E-state index contributed by atoms with van der Waals surface area (Å²) in [6.45, 7) is 8.69. The van der Waals surface area contributed by atoms with E-state index in [9.17, 15) is 5.11 Å². The largest absolute Gasteiger partial charge is 0.506 e. The Hall–Kier alpha value is -0.786. The fourth-order valence-electron chi connectivity index (χ4n) is 1.42. The second kappa shape index (κ2) is 4.38. The quantitative estimate of drug-likeness (QED) is 0.478. The molecule has 84 valence electrons. The highest BCUT2D eigenvalue weighted by Gasteiger charge is 2.20. The fraction of sp³-hybridized carbons (Fsp3) is 0.400. The van der Waals surface area contributed by atoms with Gasteiger partial charge < -0.3 is 15.0 Å². The molecule has 0 fully saturated rings. The monoisotopic (exact) mass is 241 g/mol. The van der Waals surface area contributed by atoms with Gasteiger partial charge in [-0.05, 0) is 43.5 Å². The molecule has 1 aromatic rings. The Balaban J connectivity index is 2.83. The van der Waals surface area contributed by atoms with Gasteiger partial charge in [-0.25, -0.2) is 0 Å². The third-order valence-corrected chi connectivity index (χ3v) is 7.59. The van der Waals surface area contributed by atoms with Crippen LogP contribution in [0, 0.1) is 0 Å². The Labute approximate surface area is 93.7 Å². The molecular formula is C10H19NO2Si2. The summed E-state index contributed by atoms with van der Waals surface area (Å²) in [6, 6.07) is 5.37. The zero-order chi connectivity index (χ0) is 11.6. The van der Waals surface area contributed by atoms with Crippen LogP contribution in [0.3, 0.4) is 0 Å². The molecule has 0 aromatic heterocycles. The van der Waals surface area contributed by atoms with Gasteiger partial charge in [-0.2, -0.15) is 0 Å². The summed E-state index contributed by atoms with van der Waals surface area (Å²) < 4.78 is 6.06. The van der Waals surface area contributed by atoms with Crippen LogP contribution in [0.5, 0.6) is 5.75 Å². The summed E-state index contributed by atoms with van der Waals surface area (Å²) in [7, 11) is -2.84. The van der Waals surface area contributed by atoms with Gasteiger partial charge in [0.1, 0.15) is 5.75 Å². The third-order valence-electron chi connectivity index (χ3n) is 2.05. The van der Waals surface area contributed by atoms with Crippen LogP contribution in [0.4, 0.5) is 5.69 Å². The van der Waals surface area contributed by atoms with Crippen LogP contribution in [0.1, 0.15) is 0 Å². The summed E-state index contributed by atoms with van der Waals surface area (Å²) in [5, 5.41) is 10.5. The standard InChI is InChI=1S/C10H19NO2Si2/c1-14(13-15(2,3)4)8-5-6-10(12)9(11)7-8/h5-7,12,14H,11H2,1-4H3. The van der Waals surface area contributed by atoms with Crippen LogP contribution in [0.25, 0.3) is 0 Å². The fourth-order valence-corrected chi connectivity index (χ4v) is 6.99. The maximum atomic E-state index is 9.32. The SMILES string of the molecule is C[SiH](O[Si](C)(C)C)c1ccc(O)c(N)c1. The summed E-state index contributed by atoms with van der Waals surface area (Å²) in [5.41, 5.74) is 6.09. The molecule has 0 aliphatic rings. The van der Waals surface area contributed by atoms with Gasteiger partial charge in [-0.1, -0.05) is 6.07 Å². The number of phenols is 1. The van der Waals surface area contributed by atoms with Gasteiger partial charge in [0.2, 0.25) is 0 Å². The van der Waals surface area contributed by atoms with Gasteiger partial charge in [0.05, 0.1) is 5.69 Å². The van der Waals surface area contributed by atoms with Crippen molar-refractivity contribution >= 4 is 28.2 Å². The van der Waals surface area contributed by atoms with Crippen LogP contribution >= 0.6 is 0 Å². The van der Waals surface area contributed by atoms with Crippen LogP contribution in [-0.4, -0.2) is 22.5 Å².